The SMILES string of the molecule is CC(C)(C)OC(=O)/C=C(/S)C(C)(C)C. The molecule has 2 nitrogen and oxygen atoms in total. The van der Waals surface area contributed by atoms with Crippen LogP contribution < -0.4 is 0 Å². The van der Waals surface area contributed by atoms with E-state index in [1.165, 1.54) is 6.08 Å². The Morgan fingerprint density at radius 2 is 1.57 bits per heavy atom. The quantitative estimate of drug-likeness (QED) is 0.414. The van der Waals surface area contributed by atoms with E-state index in [9.17, 15) is 4.79 Å². The molecule has 0 atom stereocenters. The molecule has 0 saturated carbocycles. The molecule has 0 heterocycles. The molecule has 0 aromatic carbocycles. The van der Waals surface area contributed by atoms with Crippen molar-refractivity contribution in [2.45, 2.75) is 47.1 Å². The minimum Gasteiger partial charge on any atom is -0.457 e. The molecule has 0 aromatic rings. The van der Waals surface area contributed by atoms with Crippen LogP contribution in [0.15, 0.2) is 11.0 Å². The number of allylic oxidation sites excluding steroid dienone is 1. The second kappa shape index (κ2) is 4.39. The van der Waals surface area contributed by atoms with Crippen LogP contribution in [0.1, 0.15) is 41.5 Å². The van der Waals surface area contributed by atoms with E-state index in [1.54, 1.807) is 0 Å². The Hall–Kier alpha value is -0.440. The maximum Gasteiger partial charge on any atom is 0.332 e. The van der Waals surface area contributed by atoms with Crippen molar-refractivity contribution in [3.05, 3.63) is 11.0 Å². The number of carbonyl (C=O) groups is 1. The Morgan fingerprint density at radius 1 is 1.14 bits per heavy atom. The zero-order chi connectivity index (χ0) is 11.6. The van der Waals surface area contributed by atoms with Gasteiger partial charge in [-0.2, -0.15) is 0 Å². The molecule has 3 heteroatoms. The van der Waals surface area contributed by atoms with Crippen molar-refractivity contribution >= 4 is 18.6 Å². The summed E-state index contributed by atoms with van der Waals surface area (Å²) in [5, 5.41) is 0. The third-order valence-electron chi connectivity index (χ3n) is 1.43. The van der Waals surface area contributed by atoms with E-state index in [1.807, 2.05) is 41.5 Å². The molecule has 0 spiro atoms. The van der Waals surface area contributed by atoms with Gasteiger partial charge >= 0.3 is 5.97 Å². The summed E-state index contributed by atoms with van der Waals surface area (Å²) in [7, 11) is 0. The van der Waals surface area contributed by atoms with E-state index in [2.05, 4.69) is 12.6 Å². The molecule has 0 radical (unpaired) electrons. The summed E-state index contributed by atoms with van der Waals surface area (Å²) in [5.41, 5.74) is -0.556. The number of esters is 1. The topological polar surface area (TPSA) is 26.3 Å². The molecule has 14 heavy (non-hydrogen) atoms. The lowest BCUT2D eigenvalue weighted by molar-refractivity contribution is -0.148. The lowest BCUT2D eigenvalue weighted by Gasteiger charge is -2.21. The van der Waals surface area contributed by atoms with Crippen LogP contribution in [0.3, 0.4) is 0 Å². The van der Waals surface area contributed by atoms with Gasteiger partial charge in [-0.05, 0) is 31.1 Å². The monoisotopic (exact) mass is 216 g/mol. The minimum absolute atomic E-state index is 0.111. The highest BCUT2D eigenvalue weighted by Gasteiger charge is 2.18. The molecular formula is C11H20O2S. The van der Waals surface area contributed by atoms with Gasteiger partial charge in [0.15, 0.2) is 0 Å². The molecule has 0 unspecified atom stereocenters. The van der Waals surface area contributed by atoms with Crippen molar-refractivity contribution in [2.75, 3.05) is 0 Å². The molecule has 0 fully saturated rings. The normalized spacial score (nSPS) is 14.1. The van der Waals surface area contributed by atoms with E-state index in [-0.39, 0.29) is 11.4 Å². The van der Waals surface area contributed by atoms with Crippen molar-refractivity contribution in [1.82, 2.24) is 0 Å². The van der Waals surface area contributed by atoms with Crippen LogP contribution in [0.5, 0.6) is 0 Å². The summed E-state index contributed by atoms with van der Waals surface area (Å²) in [4.78, 5) is 12.1. The lowest BCUT2D eigenvalue weighted by atomic mass is 9.96. The van der Waals surface area contributed by atoms with Gasteiger partial charge in [0.05, 0.1) is 0 Å². The Kier molecular flexibility index (Phi) is 4.25. The van der Waals surface area contributed by atoms with E-state index < -0.39 is 5.60 Å². The van der Waals surface area contributed by atoms with Gasteiger partial charge in [-0.25, -0.2) is 4.79 Å². The van der Waals surface area contributed by atoms with E-state index >= 15 is 0 Å². The molecule has 0 aromatic heterocycles. The van der Waals surface area contributed by atoms with Crippen molar-refractivity contribution in [1.29, 1.82) is 0 Å². The number of hydrogen-bond acceptors (Lipinski definition) is 3. The summed E-state index contributed by atoms with van der Waals surface area (Å²) in [5.74, 6) is -0.336. The van der Waals surface area contributed by atoms with Gasteiger partial charge in [-0.3, -0.25) is 0 Å². The first-order chi connectivity index (χ1) is 6.02. The summed E-state index contributed by atoms with van der Waals surface area (Å²) in [6.07, 6.45) is 1.44. The average Bonchev–Trinajstić information content (AvgIpc) is 1.79. The molecular weight excluding hydrogens is 196 g/mol. The summed E-state index contributed by atoms with van der Waals surface area (Å²) in [6.45, 7) is 11.5. The van der Waals surface area contributed by atoms with Crippen LogP contribution in [-0.4, -0.2) is 11.6 Å². The predicted molar refractivity (Wildman–Crippen MR) is 62.4 cm³/mol. The Bertz CT molecular complexity index is 241. The predicted octanol–water partition coefficient (Wildman–Crippen LogP) is 3.19. The number of rotatable bonds is 1. The van der Waals surface area contributed by atoms with E-state index in [4.69, 9.17) is 4.74 Å². The summed E-state index contributed by atoms with van der Waals surface area (Å²) >= 11 is 4.26. The van der Waals surface area contributed by atoms with Crippen molar-refractivity contribution in [3.63, 3.8) is 0 Å². The van der Waals surface area contributed by atoms with Crippen LogP contribution >= 0.6 is 12.6 Å². The van der Waals surface area contributed by atoms with E-state index in [0.717, 1.165) is 4.91 Å². The molecule has 0 bridgehead atoms. The zero-order valence-electron chi connectivity index (χ0n) is 9.84. The molecule has 0 rings (SSSR count). The van der Waals surface area contributed by atoms with Gasteiger partial charge in [-0.1, -0.05) is 20.8 Å². The molecule has 0 N–H and O–H groups in total. The van der Waals surface area contributed by atoms with Gasteiger partial charge in [-0.15, -0.1) is 12.6 Å². The van der Waals surface area contributed by atoms with Crippen LogP contribution in [0.2, 0.25) is 0 Å². The molecule has 0 saturated heterocycles. The first-order valence-electron chi connectivity index (χ1n) is 4.66. The lowest BCUT2D eigenvalue weighted by Crippen LogP contribution is -2.23. The van der Waals surface area contributed by atoms with Crippen molar-refractivity contribution in [3.8, 4) is 0 Å². The van der Waals surface area contributed by atoms with E-state index in [0.29, 0.717) is 0 Å². The van der Waals surface area contributed by atoms with Gasteiger partial charge in [0, 0.05) is 6.08 Å². The van der Waals surface area contributed by atoms with Crippen molar-refractivity contribution < 1.29 is 9.53 Å². The number of thiol groups is 1. The highest BCUT2D eigenvalue weighted by atomic mass is 32.1. The Labute approximate surface area is 92.1 Å². The van der Waals surface area contributed by atoms with Gasteiger partial charge in [0.1, 0.15) is 5.60 Å². The fourth-order valence-corrected chi connectivity index (χ4v) is 0.765. The minimum atomic E-state index is -0.445. The molecule has 0 aliphatic heterocycles. The van der Waals surface area contributed by atoms with Crippen LogP contribution in [-0.2, 0) is 9.53 Å². The van der Waals surface area contributed by atoms with Gasteiger partial charge in [0.25, 0.3) is 0 Å². The first kappa shape index (κ1) is 13.6. The summed E-state index contributed by atoms with van der Waals surface area (Å²) in [6, 6.07) is 0. The van der Waals surface area contributed by atoms with Gasteiger partial charge < -0.3 is 4.74 Å². The first-order valence-corrected chi connectivity index (χ1v) is 5.11. The molecule has 82 valence electrons. The Balaban J connectivity index is 4.46. The number of ether oxygens (including phenoxy) is 1. The van der Waals surface area contributed by atoms with Crippen molar-refractivity contribution in [2.24, 2.45) is 5.41 Å². The Morgan fingerprint density at radius 3 is 1.86 bits per heavy atom. The van der Waals surface area contributed by atoms with Crippen LogP contribution in [0.25, 0.3) is 0 Å². The maximum absolute atomic E-state index is 11.4. The highest BCUT2D eigenvalue weighted by Crippen LogP contribution is 2.28. The summed E-state index contributed by atoms with van der Waals surface area (Å²) < 4.78 is 5.14. The maximum atomic E-state index is 11.4. The fourth-order valence-electron chi connectivity index (χ4n) is 0.659. The zero-order valence-corrected chi connectivity index (χ0v) is 10.7. The van der Waals surface area contributed by atoms with Crippen LogP contribution in [0.4, 0.5) is 0 Å². The fraction of sp³-hybridized carbons (Fsp3) is 0.727. The molecule has 0 amide bonds. The smallest absolute Gasteiger partial charge is 0.332 e. The second-order valence-electron chi connectivity index (χ2n) is 5.31. The third kappa shape index (κ3) is 6.08. The number of hydrogen-bond donors (Lipinski definition) is 1. The van der Waals surface area contributed by atoms with Crippen LogP contribution in [0, 0.1) is 5.41 Å². The second-order valence-corrected chi connectivity index (χ2v) is 5.79. The molecule has 0 aliphatic rings. The number of carbonyl (C=O) groups excluding carboxylic acids is 1. The van der Waals surface area contributed by atoms with Gasteiger partial charge in [0.2, 0.25) is 0 Å². The molecule has 0 aliphatic carbocycles. The average molecular weight is 216 g/mol. The third-order valence-corrected chi connectivity index (χ3v) is 2.23. The largest absolute Gasteiger partial charge is 0.457 e. The standard InChI is InChI=1S/C11H20O2S/c1-10(2,3)8(14)7-9(12)13-11(4,5)6/h7,14H,1-6H3/b8-7+. The highest BCUT2D eigenvalue weighted by molar-refractivity contribution is 7.84.